The standard InChI is InChI=1S/C13H18O2/c1-3-7-13(14)11(2)15-10-12-8-5-4-6-9-12/h3-9,11,13-14H,10H2,1-2H3/b7-3+/t11?,13-/m1/s1. The minimum atomic E-state index is -0.529. The van der Waals surface area contributed by atoms with Crippen molar-refractivity contribution in [2.45, 2.75) is 32.7 Å². The molecule has 2 atom stereocenters. The number of aliphatic hydroxyl groups is 1. The summed E-state index contributed by atoms with van der Waals surface area (Å²) in [4.78, 5) is 0. The molecule has 82 valence electrons. The van der Waals surface area contributed by atoms with Gasteiger partial charge in [0.05, 0.1) is 18.8 Å². The van der Waals surface area contributed by atoms with Gasteiger partial charge in [0.25, 0.3) is 0 Å². The largest absolute Gasteiger partial charge is 0.386 e. The van der Waals surface area contributed by atoms with Crippen LogP contribution in [0.15, 0.2) is 42.5 Å². The van der Waals surface area contributed by atoms with Crippen LogP contribution >= 0.6 is 0 Å². The van der Waals surface area contributed by atoms with Crippen LogP contribution in [0.5, 0.6) is 0 Å². The summed E-state index contributed by atoms with van der Waals surface area (Å²) in [6.45, 7) is 4.29. The van der Waals surface area contributed by atoms with Gasteiger partial charge in [-0.1, -0.05) is 42.5 Å². The van der Waals surface area contributed by atoms with Crippen LogP contribution in [-0.2, 0) is 11.3 Å². The SMILES string of the molecule is C/C=C/[C@@H](O)C(C)OCc1ccccc1. The number of rotatable bonds is 5. The summed E-state index contributed by atoms with van der Waals surface area (Å²) in [5, 5.41) is 9.58. The predicted molar refractivity (Wildman–Crippen MR) is 61.5 cm³/mol. The Labute approximate surface area is 91.2 Å². The van der Waals surface area contributed by atoms with Crippen molar-refractivity contribution in [1.82, 2.24) is 0 Å². The third kappa shape index (κ3) is 4.28. The Balaban J connectivity index is 2.37. The number of aliphatic hydroxyl groups excluding tert-OH is 1. The van der Waals surface area contributed by atoms with E-state index in [4.69, 9.17) is 4.74 Å². The molecule has 0 fully saturated rings. The van der Waals surface area contributed by atoms with E-state index in [9.17, 15) is 5.11 Å². The van der Waals surface area contributed by atoms with Crippen LogP contribution < -0.4 is 0 Å². The number of ether oxygens (including phenoxy) is 1. The molecule has 1 rings (SSSR count). The first kappa shape index (κ1) is 12.0. The highest BCUT2D eigenvalue weighted by molar-refractivity contribution is 5.13. The van der Waals surface area contributed by atoms with Crippen molar-refractivity contribution in [3.05, 3.63) is 48.0 Å². The van der Waals surface area contributed by atoms with Gasteiger partial charge in [0.15, 0.2) is 0 Å². The van der Waals surface area contributed by atoms with Gasteiger partial charge in [0, 0.05) is 0 Å². The quantitative estimate of drug-likeness (QED) is 0.750. The molecular formula is C13H18O2. The van der Waals surface area contributed by atoms with Gasteiger partial charge in [-0.05, 0) is 19.4 Å². The van der Waals surface area contributed by atoms with Crippen molar-refractivity contribution in [2.75, 3.05) is 0 Å². The third-order valence-corrected chi connectivity index (χ3v) is 2.23. The van der Waals surface area contributed by atoms with Gasteiger partial charge in [-0.2, -0.15) is 0 Å². The number of allylic oxidation sites excluding steroid dienone is 1. The molecule has 1 aromatic rings. The Hall–Kier alpha value is -1.12. The van der Waals surface area contributed by atoms with Gasteiger partial charge >= 0.3 is 0 Å². The van der Waals surface area contributed by atoms with Crippen molar-refractivity contribution in [3.63, 3.8) is 0 Å². The van der Waals surface area contributed by atoms with Crippen LogP contribution in [0.25, 0.3) is 0 Å². The van der Waals surface area contributed by atoms with E-state index >= 15 is 0 Å². The first-order valence-electron chi connectivity index (χ1n) is 5.20. The molecule has 0 radical (unpaired) electrons. The fourth-order valence-corrected chi connectivity index (χ4v) is 1.25. The van der Waals surface area contributed by atoms with E-state index in [-0.39, 0.29) is 6.10 Å². The first-order valence-corrected chi connectivity index (χ1v) is 5.20. The molecule has 0 aliphatic rings. The maximum atomic E-state index is 9.58. The molecule has 0 bridgehead atoms. The molecule has 15 heavy (non-hydrogen) atoms. The lowest BCUT2D eigenvalue weighted by atomic mass is 10.2. The molecule has 0 aromatic heterocycles. The smallest absolute Gasteiger partial charge is 0.0979 e. The number of hydrogen-bond acceptors (Lipinski definition) is 2. The molecule has 1 unspecified atom stereocenters. The van der Waals surface area contributed by atoms with E-state index in [0.29, 0.717) is 6.61 Å². The minimum absolute atomic E-state index is 0.179. The Morgan fingerprint density at radius 2 is 2.00 bits per heavy atom. The summed E-state index contributed by atoms with van der Waals surface area (Å²) in [5.41, 5.74) is 1.12. The lowest BCUT2D eigenvalue weighted by Crippen LogP contribution is -2.23. The maximum absolute atomic E-state index is 9.58. The predicted octanol–water partition coefficient (Wildman–Crippen LogP) is 2.53. The molecule has 1 aromatic carbocycles. The van der Waals surface area contributed by atoms with Crippen LogP contribution in [-0.4, -0.2) is 17.3 Å². The summed E-state index contributed by atoms with van der Waals surface area (Å²) in [6, 6.07) is 9.95. The van der Waals surface area contributed by atoms with Crippen molar-refractivity contribution in [2.24, 2.45) is 0 Å². The Morgan fingerprint density at radius 1 is 1.33 bits per heavy atom. The van der Waals surface area contributed by atoms with Crippen molar-refractivity contribution < 1.29 is 9.84 Å². The molecule has 0 aliphatic heterocycles. The highest BCUT2D eigenvalue weighted by Gasteiger charge is 2.10. The maximum Gasteiger partial charge on any atom is 0.0979 e. The van der Waals surface area contributed by atoms with Crippen LogP contribution in [0.2, 0.25) is 0 Å². The van der Waals surface area contributed by atoms with Gasteiger partial charge in [0.1, 0.15) is 0 Å². The van der Waals surface area contributed by atoms with Crippen molar-refractivity contribution >= 4 is 0 Å². The molecule has 1 N–H and O–H groups in total. The van der Waals surface area contributed by atoms with Crippen molar-refractivity contribution in [1.29, 1.82) is 0 Å². The summed E-state index contributed by atoms with van der Waals surface area (Å²) < 4.78 is 5.54. The molecule has 0 spiro atoms. The summed E-state index contributed by atoms with van der Waals surface area (Å²) >= 11 is 0. The van der Waals surface area contributed by atoms with E-state index in [1.807, 2.05) is 50.3 Å². The highest BCUT2D eigenvalue weighted by atomic mass is 16.5. The summed E-state index contributed by atoms with van der Waals surface area (Å²) in [7, 11) is 0. The molecule has 2 nitrogen and oxygen atoms in total. The van der Waals surface area contributed by atoms with Crippen LogP contribution in [0.3, 0.4) is 0 Å². The molecule has 0 saturated heterocycles. The zero-order valence-corrected chi connectivity index (χ0v) is 9.26. The van der Waals surface area contributed by atoms with Gasteiger partial charge in [0.2, 0.25) is 0 Å². The van der Waals surface area contributed by atoms with Crippen LogP contribution in [0.1, 0.15) is 19.4 Å². The van der Waals surface area contributed by atoms with Crippen molar-refractivity contribution in [3.8, 4) is 0 Å². The molecule has 0 heterocycles. The van der Waals surface area contributed by atoms with E-state index in [2.05, 4.69) is 0 Å². The van der Waals surface area contributed by atoms with Crippen LogP contribution in [0, 0.1) is 0 Å². The minimum Gasteiger partial charge on any atom is -0.386 e. The topological polar surface area (TPSA) is 29.5 Å². The summed E-state index contributed by atoms with van der Waals surface area (Å²) in [5.74, 6) is 0. The second kappa shape index (κ2) is 6.38. The van der Waals surface area contributed by atoms with Gasteiger partial charge in [-0.15, -0.1) is 0 Å². The summed E-state index contributed by atoms with van der Waals surface area (Å²) in [6.07, 6.45) is 2.85. The molecular weight excluding hydrogens is 188 g/mol. The van der Waals surface area contributed by atoms with E-state index in [1.165, 1.54) is 0 Å². The molecule has 0 saturated carbocycles. The Bertz CT molecular complexity index is 293. The number of hydrogen-bond donors (Lipinski definition) is 1. The monoisotopic (exact) mass is 206 g/mol. The number of benzene rings is 1. The second-order valence-electron chi connectivity index (χ2n) is 3.52. The van der Waals surface area contributed by atoms with E-state index in [0.717, 1.165) is 5.56 Å². The molecule has 0 amide bonds. The lowest BCUT2D eigenvalue weighted by molar-refractivity contribution is -0.0153. The first-order chi connectivity index (χ1) is 7.24. The lowest BCUT2D eigenvalue weighted by Gasteiger charge is -2.16. The average molecular weight is 206 g/mol. The zero-order chi connectivity index (χ0) is 11.1. The normalized spacial score (nSPS) is 15.4. The van der Waals surface area contributed by atoms with Gasteiger partial charge < -0.3 is 9.84 Å². The third-order valence-electron chi connectivity index (χ3n) is 2.23. The molecule has 0 aliphatic carbocycles. The highest BCUT2D eigenvalue weighted by Crippen LogP contribution is 2.06. The fraction of sp³-hybridized carbons (Fsp3) is 0.385. The van der Waals surface area contributed by atoms with E-state index in [1.54, 1.807) is 6.08 Å². The average Bonchev–Trinajstić information content (AvgIpc) is 2.27. The fourth-order valence-electron chi connectivity index (χ4n) is 1.25. The Morgan fingerprint density at radius 3 is 2.60 bits per heavy atom. The van der Waals surface area contributed by atoms with Gasteiger partial charge in [-0.25, -0.2) is 0 Å². The van der Waals surface area contributed by atoms with Crippen LogP contribution in [0.4, 0.5) is 0 Å². The molecule has 2 heteroatoms. The second-order valence-corrected chi connectivity index (χ2v) is 3.52. The van der Waals surface area contributed by atoms with Gasteiger partial charge in [-0.3, -0.25) is 0 Å². The zero-order valence-electron chi connectivity index (χ0n) is 9.26. The Kier molecular flexibility index (Phi) is 5.08. The van der Waals surface area contributed by atoms with E-state index < -0.39 is 6.10 Å².